The van der Waals surface area contributed by atoms with Crippen molar-refractivity contribution in [3.63, 3.8) is 0 Å². The molecule has 0 amide bonds. The van der Waals surface area contributed by atoms with Crippen LogP contribution < -0.4 is 0 Å². The number of carbonyl (C=O) groups excluding carboxylic acids is 1. The molecule has 0 radical (unpaired) electrons. The van der Waals surface area contributed by atoms with Gasteiger partial charge in [-0.25, -0.2) is 9.78 Å². The number of oxazole rings is 1. The number of hydrogen-bond acceptors (Lipinski definition) is 4. The molecule has 112 valence electrons. The van der Waals surface area contributed by atoms with Crippen molar-refractivity contribution in [2.75, 3.05) is 6.61 Å². The van der Waals surface area contributed by atoms with Gasteiger partial charge >= 0.3 is 5.97 Å². The third-order valence-corrected chi connectivity index (χ3v) is 3.10. The van der Waals surface area contributed by atoms with Crippen molar-refractivity contribution in [1.29, 1.82) is 0 Å². The number of rotatable bonds is 5. The fourth-order valence-electron chi connectivity index (χ4n) is 1.95. The van der Waals surface area contributed by atoms with Crippen molar-refractivity contribution >= 4 is 17.6 Å². The molecule has 4 nitrogen and oxygen atoms in total. The van der Waals surface area contributed by atoms with E-state index in [4.69, 9.17) is 20.8 Å². The highest BCUT2D eigenvalue weighted by Crippen LogP contribution is 2.25. The molecule has 0 atom stereocenters. The van der Waals surface area contributed by atoms with Gasteiger partial charge in [-0.15, -0.1) is 0 Å². The maximum absolute atomic E-state index is 12.0. The first-order chi connectivity index (χ1) is 10.0. The van der Waals surface area contributed by atoms with E-state index in [0.717, 1.165) is 5.56 Å². The molecule has 0 N–H and O–H groups in total. The zero-order valence-electron chi connectivity index (χ0n) is 12.4. The van der Waals surface area contributed by atoms with Crippen molar-refractivity contribution in [1.82, 2.24) is 4.98 Å². The van der Waals surface area contributed by atoms with Crippen molar-refractivity contribution in [2.24, 2.45) is 5.92 Å². The highest BCUT2D eigenvalue weighted by Gasteiger charge is 2.22. The molecule has 1 aromatic carbocycles. The lowest BCUT2D eigenvalue weighted by molar-refractivity contribution is 0.0489. The van der Waals surface area contributed by atoms with Crippen molar-refractivity contribution in [3.05, 3.63) is 40.7 Å². The van der Waals surface area contributed by atoms with Crippen LogP contribution in [0.15, 0.2) is 28.7 Å². The first-order valence-electron chi connectivity index (χ1n) is 6.94. The van der Waals surface area contributed by atoms with Crippen LogP contribution in [0.25, 0.3) is 11.5 Å². The third-order valence-electron chi connectivity index (χ3n) is 2.85. The van der Waals surface area contributed by atoms with E-state index < -0.39 is 5.97 Å². The van der Waals surface area contributed by atoms with E-state index in [1.54, 1.807) is 19.1 Å². The molecule has 0 spiro atoms. The van der Waals surface area contributed by atoms with E-state index in [2.05, 4.69) is 18.8 Å². The van der Waals surface area contributed by atoms with Crippen LogP contribution in [-0.4, -0.2) is 17.6 Å². The van der Waals surface area contributed by atoms with Crippen LogP contribution in [0.3, 0.4) is 0 Å². The largest absolute Gasteiger partial charge is 0.460 e. The van der Waals surface area contributed by atoms with Crippen molar-refractivity contribution in [3.8, 4) is 11.5 Å². The topological polar surface area (TPSA) is 52.3 Å². The van der Waals surface area contributed by atoms with Gasteiger partial charge < -0.3 is 9.15 Å². The van der Waals surface area contributed by atoms with Gasteiger partial charge in [0, 0.05) is 10.6 Å². The maximum atomic E-state index is 12.0. The molecule has 21 heavy (non-hydrogen) atoms. The number of aromatic nitrogens is 1. The van der Waals surface area contributed by atoms with Gasteiger partial charge in [0.1, 0.15) is 0 Å². The normalized spacial score (nSPS) is 10.9. The van der Waals surface area contributed by atoms with Crippen LogP contribution in [0.4, 0.5) is 0 Å². The molecule has 2 rings (SSSR count). The molecule has 0 aliphatic heterocycles. The summed E-state index contributed by atoms with van der Waals surface area (Å²) >= 11 is 5.87. The lowest BCUT2D eigenvalue weighted by atomic mass is 10.1. The summed E-state index contributed by atoms with van der Waals surface area (Å²) in [5, 5.41) is 0.637. The van der Waals surface area contributed by atoms with Gasteiger partial charge in [0.25, 0.3) is 0 Å². The van der Waals surface area contributed by atoms with Crippen molar-refractivity contribution in [2.45, 2.75) is 27.2 Å². The number of carbonyl (C=O) groups is 1. The van der Waals surface area contributed by atoms with Crippen LogP contribution >= 0.6 is 11.6 Å². The summed E-state index contributed by atoms with van der Waals surface area (Å²) in [4.78, 5) is 16.4. The Labute approximate surface area is 129 Å². The molecule has 1 heterocycles. The van der Waals surface area contributed by atoms with Gasteiger partial charge in [0.2, 0.25) is 11.7 Å². The molecule has 0 aliphatic carbocycles. The van der Waals surface area contributed by atoms with Crippen LogP contribution in [0.5, 0.6) is 0 Å². The summed E-state index contributed by atoms with van der Waals surface area (Å²) in [7, 11) is 0. The fourth-order valence-corrected chi connectivity index (χ4v) is 2.07. The summed E-state index contributed by atoms with van der Waals surface area (Å²) in [5.41, 5.74) is 1.41. The molecule has 0 aliphatic rings. The van der Waals surface area contributed by atoms with Gasteiger partial charge in [-0.3, -0.25) is 0 Å². The Kier molecular flexibility index (Phi) is 5.02. The monoisotopic (exact) mass is 307 g/mol. The van der Waals surface area contributed by atoms with Crippen molar-refractivity contribution < 1.29 is 13.9 Å². The lowest BCUT2D eigenvalue weighted by Gasteiger charge is -2.02. The van der Waals surface area contributed by atoms with Gasteiger partial charge in [-0.2, -0.15) is 0 Å². The van der Waals surface area contributed by atoms with E-state index >= 15 is 0 Å². The molecule has 5 heteroatoms. The smallest absolute Gasteiger partial charge is 0.376 e. The maximum Gasteiger partial charge on any atom is 0.376 e. The first-order valence-corrected chi connectivity index (χ1v) is 7.31. The molecular weight excluding hydrogens is 290 g/mol. The van der Waals surface area contributed by atoms with Crippen LogP contribution in [0, 0.1) is 5.92 Å². The minimum atomic E-state index is -0.471. The predicted octanol–water partition coefficient (Wildman–Crippen LogP) is 4.37. The Morgan fingerprint density at radius 3 is 2.57 bits per heavy atom. The first kappa shape index (κ1) is 15.6. The molecule has 1 aromatic heterocycles. The molecule has 2 aromatic rings. The van der Waals surface area contributed by atoms with E-state index in [-0.39, 0.29) is 5.76 Å². The second-order valence-corrected chi connectivity index (χ2v) is 5.56. The Morgan fingerprint density at radius 1 is 1.33 bits per heavy atom. The van der Waals surface area contributed by atoms with Gasteiger partial charge in [0.05, 0.1) is 12.3 Å². The highest BCUT2D eigenvalue weighted by molar-refractivity contribution is 6.30. The predicted molar refractivity (Wildman–Crippen MR) is 81.4 cm³/mol. The number of ether oxygens (including phenoxy) is 1. The lowest BCUT2D eigenvalue weighted by Crippen LogP contribution is -2.08. The quantitative estimate of drug-likeness (QED) is 0.770. The molecule has 0 unspecified atom stereocenters. The second-order valence-electron chi connectivity index (χ2n) is 5.12. The minimum Gasteiger partial charge on any atom is -0.460 e. The Morgan fingerprint density at radius 2 is 2.00 bits per heavy atom. The summed E-state index contributed by atoms with van der Waals surface area (Å²) in [6.45, 7) is 6.19. The average molecular weight is 308 g/mol. The Balaban J connectivity index is 2.39. The van der Waals surface area contributed by atoms with Crippen LogP contribution in [0.2, 0.25) is 5.02 Å². The molecule has 0 saturated heterocycles. The molecule has 0 saturated carbocycles. The number of hydrogen-bond donors (Lipinski definition) is 0. The number of nitrogens with zero attached hydrogens (tertiary/aromatic N) is 1. The SMILES string of the molecule is CCOC(=O)c1oc(-c2ccc(Cl)cc2)nc1CC(C)C. The van der Waals surface area contributed by atoms with Crippen LogP contribution in [-0.2, 0) is 11.2 Å². The van der Waals surface area contributed by atoms with E-state index in [1.165, 1.54) is 0 Å². The number of benzene rings is 1. The van der Waals surface area contributed by atoms with Gasteiger partial charge in [0.15, 0.2) is 0 Å². The summed E-state index contributed by atoms with van der Waals surface area (Å²) < 4.78 is 10.7. The average Bonchev–Trinajstić information content (AvgIpc) is 2.83. The molecular formula is C16H18ClNO3. The van der Waals surface area contributed by atoms with Gasteiger partial charge in [-0.05, 0) is 43.5 Å². The fraction of sp³-hybridized carbons (Fsp3) is 0.375. The highest BCUT2D eigenvalue weighted by atomic mass is 35.5. The zero-order valence-corrected chi connectivity index (χ0v) is 13.1. The van der Waals surface area contributed by atoms with Gasteiger partial charge in [-0.1, -0.05) is 25.4 Å². The van der Waals surface area contributed by atoms with E-state index in [1.807, 2.05) is 12.1 Å². The summed E-state index contributed by atoms with van der Waals surface area (Å²) in [6.07, 6.45) is 0.658. The second kappa shape index (κ2) is 6.76. The molecule has 0 bridgehead atoms. The summed E-state index contributed by atoms with van der Waals surface area (Å²) in [6, 6.07) is 7.13. The Hall–Kier alpha value is -1.81. The summed E-state index contributed by atoms with van der Waals surface area (Å²) in [5.74, 6) is 0.489. The number of esters is 1. The molecule has 0 fully saturated rings. The van der Waals surface area contributed by atoms with E-state index in [9.17, 15) is 4.79 Å². The minimum absolute atomic E-state index is 0.190. The standard InChI is InChI=1S/C16H18ClNO3/c1-4-20-16(19)14-13(9-10(2)3)18-15(21-14)11-5-7-12(17)8-6-11/h5-8,10H,4,9H2,1-3H3. The zero-order chi connectivity index (χ0) is 15.4. The van der Waals surface area contributed by atoms with E-state index in [0.29, 0.717) is 35.6 Å². The van der Waals surface area contributed by atoms with Crippen LogP contribution in [0.1, 0.15) is 37.0 Å². The Bertz CT molecular complexity index is 617. The third kappa shape index (κ3) is 3.85. The number of halogens is 1.